The molecule has 0 aliphatic heterocycles. The standard InChI is InChI=1S/C12H13FN2/c1-8(2)5-12(15)9-3-4-11(13)10(6-9)7-14/h3-4,6,12H,1,5,15H2,2H3/t12-/m0/s1. The zero-order valence-corrected chi connectivity index (χ0v) is 8.63. The Bertz CT molecular complexity index is 418. The summed E-state index contributed by atoms with van der Waals surface area (Å²) in [6.45, 7) is 5.65. The molecule has 0 aliphatic carbocycles. The molecule has 0 heterocycles. The van der Waals surface area contributed by atoms with Crippen LogP contribution in [-0.2, 0) is 0 Å². The van der Waals surface area contributed by atoms with Crippen molar-refractivity contribution in [2.75, 3.05) is 0 Å². The minimum atomic E-state index is -0.510. The third-order valence-electron chi connectivity index (χ3n) is 2.11. The molecule has 0 spiro atoms. The quantitative estimate of drug-likeness (QED) is 0.769. The fraction of sp³-hybridized carbons (Fsp3) is 0.250. The molecule has 2 nitrogen and oxygen atoms in total. The van der Waals surface area contributed by atoms with E-state index in [4.69, 9.17) is 11.0 Å². The van der Waals surface area contributed by atoms with Crippen LogP contribution in [0, 0.1) is 17.1 Å². The van der Waals surface area contributed by atoms with Gasteiger partial charge in [-0.15, -0.1) is 6.58 Å². The molecule has 0 amide bonds. The summed E-state index contributed by atoms with van der Waals surface area (Å²) in [4.78, 5) is 0. The molecule has 1 aromatic rings. The Hall–Kier alpha value is -1.66. The second kappa shape index (κ2) is 4.72. The van der Waals surface area contributed by atoms with Gasteiger partial charge in [-0.25, -0.2) is 4.39 Å². The Kier molecular flexibility index (Phi) is 3.59. The minimum absolute atomic E-state index is 0.0321. The highest BCUT2D eigenvalue weighted by molar-refractivity contribution is 5.35. The van der Waals surface area contributed by atoms with Gasteiger partial charge >= 0.3 is 0 Å². The lowest BCUT2D eigenvalue weighted by Crippen LogP contribution is -2.10. The molecule has 3 heteroatoms. The Morgan fingerprint density at radius 2 is 2.33 bits per heavy atom. The maximum Gasteiger partial charge on any atom is 0.140 e. The van der Waals surface area contributed by atoms with E-state index in [0.29, 0.717) is 6.42 Å². The predicted molar refractivity (Wildman–Crippen MR) is 57.5 cm³/mol. The molecule has 0 bridgehead atoms. The van der Waals surface area contributed by atoms with Crippen molar-refractivity contribution in [3.63, 3.8) is 0 Å². The normalized spacial score (nSPS) is 11.9. The number of nitrogens with zero attached hydrogens (tertiary/aromatic N) is 1. The number of nitrogens with two attached hydrogens (primary N) is 1. The van der Waals surface area contributed by atoms with Crippen molar-refractivity contribution >= 4 is 0 Å². The van der Waals surface area contributed by atoms with E-state index in [0.717, 1.165) is 11.1 Å². The molecule has 0 aliphatic rings. The fourth-order valence-corrected chi connectivity index (χ4v) is 1.35. The van der Waals surface area contributed by atoms with E-state index in [1.165, 1.54) is 12.1 Å². The molecule has 0 radical (unpaired) electrons. The molecule has 0 saturated heterocycles. The van der Waals surface area contributed by atoms with Gasteiger partial charge in [0.05, 0.1) is 5.56 Å². The van der Waals surface area contributed by atoms with Crippen LogP contribution in [0.5, 0.6) is 0 Å². The molecular formula is C12H13FN2. The molecule has 78 valence electrons. The van der Waals surface area contributed by atoms with E-state index in [1.54, 1.807) is 12.1 Å². The number of benzene rings is 1. The van der Waals surface area contributed by atoms with Crippen molar-refractivity contribution in [3.05, 3.63) is 47.3 Å². The van der Waals surface area contributed by atoms with Gasteiger partial charge in [-0.05, 0) is 31.0 Å². The van der Waals surface area contributed by atoms with Crippen LogP contribution < -0.4 is 5.73 Å². The topological polar surface area (TPSA) is 49.8 Å². The molecule has 1 aromatic carbocycles. The van der Waals surface area contributed by atoms with Gasteiger partial charge in [0.15, 0.2) is 0 Å². The van der Waals surface area contributed by atoms with E-state index in [1.807, 2.05) is 6.92 Å². The smallest absolute Gasteiger partial charge is 0.140 e. The summed E-state index contributed by atoms with van der Waals surface area (Å²) < 4.78 is 13.0. The van der Waals surface area contributed by atoms with Crippen LogP contribution in [0.25, 0.3) is 0 Å². The summed E-state index contributed by atoms with van der Waals surface area (Å²) in [5.41, 5.74) is 7.63. The average molecular weight is 204 g/mol. The van der Waals surface area contributed by atoms with Crippen LogP contribution in [-0.4, -0.2) is 0 Å². The first-order valence-corrected chi connectivity index (χ1v) is 4.64. The van der Waals surface area contributed by atoms with Gasteiger partial charge in [0, 0.05) is 6.04 Å². The van der Waals surface area contributed by atoms with Gasteiger partial charge in [-0.2, -0.15) is 5.26 Å². The zero-order valence-electron chi connectivity index (χ0n) is 8.63. The molecule has 0 fully saturated rings. The lowest BCUT2D eigenvalue weighted by molar-refractivity contribution is 0.620. The van der Waals surface area contributed by atoms with E-state index < -0.39 is 5.82 Å². The molecule has 2 N–H and O–H groups in total. The third-order valence-corrected chi connectivity index (χ3v) is 2.11. The van der Waals surface area contributed by atoms with E-state index in [9.17, 15) is 4.39 Å². The van der Waals surface area contributed by atoms with Crippen LogP contribution in [0.15, 0.2) is 30.4 Å². The highest BCUT2D eigenvalue weighted by atomic mass is 19.1. The van der Waals surface area contributed by atoms with Crippen LogP contribution in [0.2, 0.25) is 0 Å². The van der Waals surface area contributed by atoms with E-state index in [2.05, 4.69) is 6.58 Å². The molecule has 0 saturated carbocycles. The maximum atomic E-state index is 13.0. The van der Waals surface area contributed by atoms with Crippen LogP contribution in [0.1, 0.15) is 30.5 Å². The number of nitriles is 1. The Morgan fingerprint density at radius 1 is 1.67 bits per heavy atom. The lowest BCUT2D eigenvalue weighted by Gasteiger charge is -2.12. The molecule has 0 unspecified atom stereocenters. The first-order valence-electron chi connectivity index (χ1n) is 4.64. The Balaban J connectivity index is 2.96. The van der Waals surface area contributed by atoms with Crippen molar-refractivity contribution in [1.29, 1.82) is 5.26 Å². The highest BCUT2D eigenvalue weighted by Crippen LogP contribution is 2.19. The van der Waals surface area contributed by atoms with Crippen LogP contribution >= 0.6 is 0 Å². The van der Waals surface area contributed by atoms with Crippen LogP contribution in [0.4, 0.5) is 4.39 Å². The van der Waals surface area contributed by atoms with Gasteiger partial charge in [0.25, 0.3) is 0 Å². The largest absolute Gasteiger partial charge is 0.324 e. The SMILES string of the molecule is C=C(C)C[C@H](N)c1ccc(F)c(C#N)c1. The summed E-state index contributed by atoms with van der Waals surface area (Å²) in [6.07, 6.45) is 0.635. The maximum absolute atomic E-state index is 13.0. The zero-order chi connectivity index (χ0) is 11.4. The molecular weight excluding hydrogens is 191 g/mol. The highest BCUT2D eigenvalue weighted by Gasteiger charge is 2.09. The van der Waals surface area contributed by atoms with Crippen molar-refractivity contribution in [1.82, 2.24) is 0 Å². The van der Waals surface area contributed by atoms with Crippen molar-refractivity contribution < 1.29 is 4.39 Å². The molecule has 1 atom stereocenters. The Labute approximate surface area is 88.8 Å². The monoisotopic (exact) mass is 204 g/mol. The van der Waals surface area contributed by atoms with Gasteiger partial charge in [0.2, 0.25) is 0 Å². The summed E-state index contributed by atoms with van der Waals surface area (Å²) in [5.74, 6) is -0.510. The number of halogens is 1. The lowest BCUT2D eigenvalue weighted by atomic mass is 9.99. The van der Waals surface area contributed by atoms with Gasteiger partial charge < -0.3 is 5.73 Å². The fourth-order valence-electron chi connectivity index (χ4n) is 1.35. The molecule has 0 aromatic heterocycles. The predicted octanol–water partition coefficient (Wildman–Crippen LogP) is 2.66. The molecule has 1 rings (SSSR count). The van der Waals surface area contributed by atoms with Crippen molar-refractivity contribution in [3.8, 4) is 6.07 Å². The average Bonchev–Trinajstić information content (AvgIpc) is 2.17. The first kappa shape index (κ1) is 11.4. The summed E-state index contributed by atoms with van der Waals surface area (Å²) >= 11 is 0. The number of hydrogen-bond donors (Lipinski definition) is 1. The summed E-state index contributed by atoms with van der Waals surface area (Å²) in [5, 5.41) is 8.66. The molecule has 15 heavy (non-hydrogen) atoms. The summed E-state index contributed by atoms with van der Waals surface area (Å²) in [6, 6.07) is 5.92. The number of hydrogen-bond acceptors (Lipinski definition) is 2. The minimum Gasteiger partial charge on any atom is -0.324 e. The van der Waals surface area contributed by atoms with Crippen LogP contribution in [0.3, 0.4) is 0 Å². The van der Waals surface area contributed by atoms with Gasteiger partial charge in [-0.1, -0.05) is 11.6 Å². The van der Waals surface area contributed by atoms with Gasteiger partial charge in [-0.3, -0.25) is 0 Å². The van der Waals surface area contributed by atoms with E-state index in [-0.39, 0.29) is 11.6 Å². The first-order chi connectivity index (χ1) is 7.04. The van der Waals surface area contributed by atoms with Crippen molar-refractivity contribution in [2.24, 2.45) is 5.73 Å². The van der Waals surface area contributed by atoms with E-state index >= 15 is 0 Å². The van der Waals surface area contributed by atoms with Gasteiger partial charge in [0.1, 0.15) is 11.9 Å². The Morgan fingerprint density at radius 3 is 2.87 bits per heavy atom. The summed E-state index contributed by atoms with van der Waals surface area (Å²) in [7, 11) is 0. The second-order valence-electron chi connectivity index (χ2n) is 3.62. The number of rotatable bonds is 3. The third kappa shape index (κ3) is 2.90. The van der Waals surface area contributed by atoms with Crippen molar-refractivity contribution in [2.45, 2.75) is 19.4 Å². The second-order valence-corrected chi connectivity index (χ2v) is 3.62.